The largest absolute Gasteiger partial charge is 0.435 e. The van der Waals surface area contributed by atoms with Crippen molar-refractivity contribution < 1.29 is 18.0 Å². The molecule has 1 aromatic heterocycles. The van der Waals surface area contributed by atoms with E-state index in [2.05, 4.69) is 14.9 Å². The van der Waals surface area contributed by atoms with Crippen LogP contribution in [-0.4, -0.2) is 16.8 Å². The first-order valence-electron chi connectivity index (χ1n) is 6.13. The van der Waals surface area contributed by atoms with Crippen LogP contribution in [0, 0.1) is 0 Å². The van der Waals surface area contributed by atoms with Crippen molar-refractivity contribution in [3.8, 4) is 17.2 Å². The maximum atomic E-state index is 12.2. The van der Waals surface area contributed by atoms with E-state index in [-0.39, 0.29) is 17.0 Å². The van der Waals surface area contributed by atoms with Gasteiger partial charge < -0.3 is 9.26 Å². The Morgan fingerprint density at radius 2 is 2.20 bits per heavy atom. The van der Waals surface area contributed by atoms with E-state index in [1.54, 1.807) is 12.1 Å². The highest BCUT2D eigenvalue weighted by molar-refractivity contribution is 6.20. The number of hydrogen-bond donors (Lipinski definition) is 0. The number of aromatic nitrogens is 2. The van der Waals surface area contributed by atoms with Crippen LogP contribution in [0.25, 0.3) is 11.5 Å². The molecule has 0 radical (unpaired) electrons. The van der Waals surface area contributed by atoms with Gasteiger partial charge in [-0.25, -0.2) is 0 Å². The lowest BCUT2D eigenvalue weighted by molar-refractivity contribution is -0.0498. The van der Waals surface area contributed by atoms with Crippen LogP contribution < -0.4 is 4.74 Å². The summed E-state index contributed by atoms with van der Waals surface area (Å²) in [6.45, 7) is -0.873. The summed E-state index contributed by atoms with van der Waals surface area (Å²) in [5.74, 6) is 0.651. The van der Waals surface area contributed by atoms with Crippen molar-refractivity contribution in [2.45, 2.75) is 31.8 Å². The van der Waals surface area contributed by atoms with Crippen molar-refractivity contribution >= 4 is 11.6 Å². The van der Waals surface area contributed by atoms with Crippen molar-refractivity contribution in [1.82, 2.24) is 10.1 Å². The van der Waals surface area contributed by atoms with Crippen molar-refractivity contribution in [2.75, 3.05) is 0 Å². The quantitative estimate of drug-likeness (QED) is 0.741. The fraction of sp³-hybridized carbons (Fsp3) is 0.385. The van der Waals surface area contributed by atoms with Crippen LogP contribution in [-0.2, 0) is 0 Å². The molecular formula is C13H13ClF2N2O2. The average Bonchev–Trinajstić information content (AvgIpc) is 2.88. The monoisotopic (exact) mass is 302 g/mol. The molecule has 108 valence electrons. The molecule has 0 saturated carbocycles. The van der Waals surface area contributed by atoms with Gasteiger partial charge in [0.1, 0.15) is 5.75 Å². The Morgan fingerprint density at radius 3 is 2.90 bits per heavy atom. The van der Waals surface area contributed by atoms with Gasteiger partial charge >= 0.3 is 6.61 Å². The first kappa shape index (κ1) is 14.7. The lowest BCUT2D eigenvalue weighted by atomic mass is 10.2. The molecule has 1 heterocycles. The molecule has 0 spiro atoms. The molecule has 0 amide bonds. The molecule has 7 heteroatoms. The Balaban J connectivity index is 2.19. The number of ether oxygens (including phenoxy) is 1. The number of hydrogen-bond acceptors (Lipinski definition) is 4. The predicted molar refractivity (Wildman–Crippen MR) is 69.9 cm³/mol. The third-order valence-corrected chi connectivity index (χ3v) is 2.98. The smallest absolute Gasteiger partial charge is 0.387 e. The highest BCUT2D eigenvalue weighted by Crippen LogP contribution is 2.27. The zero-order valence-electron chi connectivity index (χ0n) is 10.7. The van der Waals surface area contributed by atoms with E-state index >= 15 is 0 Å². The molecule has 1 unspecified atom stereocenters. The van der Waals surface area contributed by atoms with Gasteiger partial charge in [0.05, 0.1) is 5.38 Å². The Labute approximate surface area is 119 Å². The van der Waals surface area contributed by atoms with E-state index in [4.69, 9.17) is 16.1 Å². The third kappa shape index (κ3) is 3.66. The molecule has 0 aliphatic carbocycles. The maximum absolute atomic E-state index is 12.2. The van der Waals surface area contributed by atoms with E-state index < -0.39 is 6.61 Å². The van der Waals surface area contributed by atoms with Gasteiger partial charge in [-0.2, -0.15) is 13.8 Å². The Bertz CT molecular complexity index is 563. The molecule has 0 aliphatic heterocycles. The van der Waals surface area contributed by atoms with Gasteiger partial charge in [0.2, 0.25) is 0 Å². The third-order valence-electron chi connectivity index (χ3n) is 2.57. The molecule has 4 nitrogen and oxygen atoms in total. The highest BCUT2D eigenvalue weighted by Gasteiger charge is 2.16. The minimum Gasteiger partial charge on any atom is -0.435 e. The first-order chi connectivity index (χ1) is 9.60. The fourth-order valence-corrected chi connectivity index (χ4v) is 1.97. The SMILES string of the molecule is CCCC(Cl)c1noc(-c2cccc(OC(F)F)c2)n1. The number of nitrogens with zero attached hydrogens (tertiary/aromatic N) is 2. The zero-order chi connectivity index (χ0) is 14.5. The summed E-state index contributed by atoms with van der Waals surface area (Å²) >= 11 is 6.10. The zero-order valence-corrected chi connectivity index (χ0v) is 11.5. The van der Waals surface area contributed by atoms with Crippen LogP contribution in [0.15, 0.2) is 28.8 Å². The van der Waals surface area contributed by atoms with Crippen LogP contribution in [0.5, 0.6) is 5.75 Å². The summed E-state index contributed by atoms with van der Waals surface area (Å²) in [5.41, 5.74) is 0.502. The lowest BCUT2D eigenvalue weighted by Crippen LogP contribution is -2.01. The minimum atomic E-state index is -2.87. The average molecular weight is 303 g/mol. The second-order valence-corrected chi connectivity index (χ2v) is 4.65. The summed E-state index contributed by atoms with van der Waals surface area (Å²) < 4.78 is 33.7. The molecule has 0 fully saturated rings. The molecule has 0 bridgehead atoms. The van der Waals surface area contributed by atoms with Crippen molar-refractivity contribution in [3.05, 3.63) is 30.1 Å². The number of halogens is 3. The van der Waals surface area contributed by atoms with Gasteiger partial charge in [-0.15, -0.1) is 11.6 Å². The van der Waals surface area contributed by atoms with Gasteiger partial charge in [-0.1, -0.05) is 24.6 Å². The van der Waals surface area contributed by atoms with Crippen LogP contribution in [0.4, 0.5) is 8.78 Å². The summed E-state index contributed by atoms with van der Waals surface area (Å²) in [6, 6.07) is 6.07. The Hall–Kier alpha value is -1.69. The van der Waals surface area contributed by atoms with Crippen molar-refractivity contribution in [3.63, 3.8) is 0 Å². The van der Waals surface area contributed by atoms with Gasteiger partial charge in [-0.05, 0) is 24.6 Å². The molecule has 1 aromatic carbocycles. The summed E-state index contributed by atoms with van der Waals surface area (Å²) in [7, 11) is 0. The number of benzene rings is 1. The minimum absolute atomic E-state index is 0.0354. The lowest BCUT2D eigenvalue weighted by Gasteiger charge is -2.04. The fourth-order valence-electron chi connectivity index (χ4n) is 1.67. The van der Waals surface area contributed by atoms with E-state index in [9.17, 15) is 8.78 Å². The van der Waals surface area contributed by atoms with Crippen molar-refractivity contribution in [2.24, 2.45) is 0 Å². The van der Waals surface area contributed by atoms with Gasteiger partial charge in [0.15, 0.2) is 5.82 Å². The van der Waals surface area contributed by atoms with Gasteiger partial charge in [0, 0.05) is 5.56 Å². The number of alkyl halides is 3. The van der Waals surface area contributed by atoms with E-state index in [0.717, 1.165) is 12.8 Å². The molecule has 0 saturated heterocycles. The molecule has 0 aliphatic rings. The van der Waals surface area contributed by atoms with Gasteiger partial charge in [-0.3, -0.25) is 0 Å². The standard InChI is InChI=1S/C13H13ClF2N2O2/c1-2-4-10(14)11-17-12(20-18-11)8-5-3-6-9(7-8)19-13(15)16/h3,5-7,10,13H,2,4H2,1H3. The van der Waals surface area contributed by atoms with Crippen LogP contribution >= 0.6 is 11.6 Å². The van der Waals surface area contributed by atoms with E-state index in [1.807, 2.05) is 6.92 Å². The highest BCUT2D eigenvalue weighted by atomic mass is 35.5. The van der Waals surface area contributed by atoms with Crippen LogP contribution in [0.3, 0.4) is 0 Å². The molecule has 2 aromatic rings. The first-order valence-corrected chi connectivity index (χ1v) is 6.56. The Kier molecular flexibility index (Phi) is 4.89. The summed E-state index contributed by atoms with van der Waals surface area (Å²) in [6.07, 6.45) is 1.63. The van der Waals surface area contributed by atoms with Crippen LogP contribution in [0.2, 0.25) is 0 Å². The van der Waals surface area contributed by atoms with E-state index in [1.165, 1.54) is 12.1 Å². The second-order valence-electron chi connectivity index (χ2n) is 4.12. The molecule has 1 atom stereocenters. The molecule has 20 heavy (non-hydrogen) atoms. The normalized spacial score (nSPS) is 12.7. The Morgan fingerprint density at radius 1 is 1.40 bits per heavy atom. The topological polar surface area (TPSA) is 48.2 Å². The molecule has 0 N–H and O–H groups in total. The second kappa shape index (κ2) is 6.65. The predicted octanol–water partition coefficient (Wildman–Crippen LogP) is 4.42. The summed E-state index contributed by atoms with van der Waals surface area (Å²) in [5, 5.41) is 3.47. The van der Waals surface area contributed by atoms with Crippen molar-refractivity contribution in [1.29, 1.82) is 0 Å². The van der Waals surface area contributed by atoms with E-state index in [0.29, 0.717) is 11.4 Å². The number of rotatable bonds is 6. The molecule has 2 rings (SSSR count). The maximum Gasteiger partial charge on any atom is 0.387 e. The molecular weight excluding hydrogens is 290 g/mol. The van der Waals surface area contributed by atoms with Crippen LogP contribution in [0.1, 0.15) is 31.0 Å². The van der Waals surface area contributed by atoms with Gasteiger partial charge in [0.25, 0.3) is 5.89 Å². The summed E-state index contributed by atoms with van der Waals surface area (Å²) in [4.78, 5) is 4.17.